The first kappa shape index (κ1) is 20.4. The lowest BCUT2D eigenvalue weighted by Crippen LogP contribution is -2.39. The van der Waals surface area contributed by atoms with Crippen molar-refractivity contribution in [2.45, 2.75) is 18.9 Å². The highest BCUT2D eigenvalue weighted by Gasteiger charge is 2.26. The number of aryl methyl sites for hydroxylation is 1. The predicted molar refractivity (Wildman–Crippen MR) is 110 cm³/mol. The van der Waals surface area contributed by atoms with E-state index in [4.69, 9.17) is 5.73 Å². The van der Waals surface area contributed by atoms with Crippen LogP contribution in [0.4, 0.5) is 0 Å². The second-order valence-corrected chi connectivity index (χ2v) is 7.13. The number of hydrogen-bond donors (Lipinski definition) is 3. The lowest BCUT2D eigenvalue weighted by atomic mass is 10.0. The quantitative estimate of drug-likeness (QED) is 0.475. The maximum absolute atomic E-state index is 11.9. The van der Waals surface area contributed by atoms with Crippen molar-refractivity contribution in [3.63, 3.8) is 0 Å². The maximum atomic E-state index is 11.9. The van der Waals surface area contributed by atoms with E-state index in [-0.39, 0.29) is 12.5 Å². The molecular weight excluding hydrogens is 370 g/mol. The summed E-state index contributed by atoms with van der Waals surface area (Å²) < 4.78 is 1.84. The number of benzene rings is 1. The number of rotatable bonds is 6. The second kappa shape index (κ2) is 9.22. The molecule has 9 nitrogen and oxygen atoms in total. The van der Waals surface area contributed by atoms with Crippen molar-refractivity contribution in [2.24, 2.45) is 17.8 Å². The third-order valence-corrected chi connectivity index (χ3v) is 4.99. The molecule has 1 aliphatic rings. The van der Waals surface area contributed by atoms with Gasteiger partial charge in [0.15, 0.2) is 5.96 Å². The first-order valence-electron chi connectivity index (χ1n) is 9.56. The SMILES string of the molecule is CN=C(NCc1ccc(C(=O)NCC(N)=O)cc1)N1CCC(c2cnn(C)c2)C1. The van der Waals surface area contributed by atoms with Gasteiger partial charge in [0.05, 0.1) is 12.7 Å². The summed E-state index contributed by atoms with van der Waals surface area (Å²) in [7, 11) is 3.72. The van der Waals surface area contributed by atoms with Crippen molar-refractivity contribution in [1.82, 2.24) is 25.3 Å². The van der Waals surface area contributed by atoms with Crippen molar-refractivity contribution in [2.75, 3.05) is 26.7 Å². The van der Waals surface area contributed by atoms with Crippen molar-refractivity contribution in [3.8, 4) is 0 Å². The van der Waals surface area contributed by atoms with Gasteiger partial charge in [0.25, 0.3) is 5.91 Å². The zero-order valence-corrected chi connectivity index (χ0v) is 16.8. The average molecular weight is 397 g/mol. The summed E-state index contributed by atoms with van der Waals surface area (Å²) in [5, 5.41) is 10.1. The van der Waals surface area contributed by atoms with Gasteiger partial charge in [-0.3, -0.25) is 19.3 Å². The minimum atomic E-state index is -0.571. The number of nitrogens with zero attached hydrogens (tertiary/aromatic N) is 4. The van der Waals surface area contributed by atoms with Crippen LogP contribution < -0.4 is 16.4 Å². The van der Waals surface area contributed by atoms with Crippen molar-refractivity contribution in [1.29, 1.82) is 0 Å². The third kappa shape index (κ3) is 5.34. The fourth-order valence-electron chi connectivity index (χ4n) is 3.43. The zero-order valence-electron chi connectivity index (χ0n) is 16.8. The molecular formula is C20H27N7O2. The first-order valence-corrected chi connectivity index (χ1v) is 9.56. The molecule has 29 heavy (non-hydrogen) atoms. The molecule has 0 bridgehead atoms. The fraction of sp³-hybridized carbons (Fsp3) is 0.400. The monoisotopic (exact) mass is 397 g/mol. The highest BCUT2D eigenvalue weighted by Crippen LogP contribution is 2.26. The minimum Gasteiger partial charge on any atom is -0.368 e. The van der Waals surface area contributed by atoms with E-state index in [1.54, 1.807) is 19.2 Å². The summed E-state index contributed by atoms with van der Waals surface area (Å²) in [6.07, 6.45) is 5.08. The smallest absolute Gasteiger partial charge is 0.251 e. The van der Waals surface area contributed by atoms with E-state index in [2.05, 4.69) is 31.8 Å². The molecule has 0 aliphatic carbocycles. The largest absolute Gasteiger partial charge is 0.368 e. The van der Waals surface area contributed by atoms with Crippen LogP contribution >= 0.6 is 0 Å². The van der Waals surface area contributed by atoms with Gasteiger partial charge in [-0.15, -0.1) is 0 Å². The Kier molecular flexibility index (Phi) is 6.48. The van der Waals surface area contributed by atoms with Gasteiger partial charge < -0.3 is 21.3 Å². The molecule has 1 atom stereocenters. The first-order chi connectivity index (χ1) is 14.0. The molecule has 2 heterocycles. The van der Waals surface area contributed by atoms with Crippen LogP contribution in [0.1, 0.15) is 33.8 Å². The summed E-state index contributed by atoms with van der Waals surface area (Å²) in [5.41, 5.74) is 7.81. The van der Waals surface area contributed by atoms with Crippen LogP contribution in [0, 0.1) is 0 Å². The van der Waals surface area contributed by atoms with Crippen LogP contribution in [0.15, 0.2) is 41.7 Å². The summed E-state index contributed by atoms with van der Waals surface area (Å²) >= 11 is 0. The van der Waals surface area contributed by atoms with Gasteiger partial charge in [0.2, 0.25) is 5.91 Å². The minimum absolute atomic E-state index is 0.172. The highest BCUT2D eigenvalue weighted by molar-refractivity contribution is 5.96. The zero-order chi connectivity index (χ0) is 20.8. The molecule has 0 radical (unpaired) electrons. The number of carbonyl (C=O) groups is 2. The van der Waals surface area contributed by atoms with Gasteiger partial charge >= 0.3 is 0 Å². The topological polar surface area (TPSA) is 118 Å². The number of nitrogens with one attached hydrogen (secondary N) is 2. The lowest BCUT2D eigenvalue weighted by Gasteiger charge is -2.21. The standard InChI is InChI=1S/C20H27N7O2/c1-22-20(27-8-7-16(13-27)17-10-25-26(2)12-17)24-9-14-3-5-15(6-4-14)19(29)23-11-18(21)28/h3-6,10,12,16H,7-9,11,13H2,1-2H3,(H2,21,28)(H,22,24)(H,23,29). The van der Waals surface area contributed by atoms with E-state index >= 15 is 0 Å². The van der Waals surface area contributed by atoms with E-state index in [0.717, 1.165) is 31.0 Å². The molecule has 2 amide bonds. The summed E-state index contributed by atoms with van der Waals surface area (Å²) in [4.78, 5) is 29.3. The molecule has 0 spiro atoms. The molecule has 154 valence electrons. The summed E-state index contributed by atoms with van der Waals surface area (Å²) in [6.45, 7) is 2.28. The van der Waals surface area contributed by atoms with E-state index in [0.29, 0.717) is 18.0 Å². The molecule has 9 heteroatoms. The average Bonchev–Trinajstić information content (AvgIpc) is 3.36. The van der Waals surface area contributed by atoms with Crippen molar-refractivity contribution >= 4 is 17.8 Å². The van der Waals surface area contributed by atoms with Crippen LogP contribution in [-0.4, -0.2) is 59.1 Å². The van der Waals surface area contributed by atoms with Crippen LogP contribution in [-0.2, 0) is 18.4 Å². The number of carbonyl (C=O) groups excluding carboxylic acids is 2. The van der Waals surface area contributed by atoms with Gasteiger partial charge in [-0.05, 0) is 29.7 Å². The highest BCUT2D eigenvalue weighted by atomic mass is 16.2. The Balaban J connectivity index is 1.52. The Labute approximate surface area is 170 Å². The molecule has 0 saturated carbocycles. The maximum Gasteiger partial charge on any atom is 0.251 e. The molecule has 1 unspecified atom stereocenters. The summed E-state index contributed by atoms with van der Waals surface area (Å²) in [5.74, 6) is 0.427. The van der Waals surface area contributed by atoms with Gasteiger partial charge in [-0.25, -0.2) is 0 Å². The Morgan fingerprint density at radius 1 is 1.28 bits per heavy atom. The Hall–Kier alpha value is -3.36. The van der Waals surface area contributed by atoms with Gasteiger partial charge in [0, 0.05) is 51.4 Å². The number of amides is 2. The number of guanidine groups is 1. The van der Waals surface area contributed by atoms with E-state index in [1.165, 1.54) is 5.56 Å². The Morgan fingerprint density at radius 3 is 2.66 bits per heavy atom. The molecule has 2 aromatic rings. The number of nitrogens with two attached hydrogens (primary N) is 1. The molecule has 1 fully saturated rings. The van der Waals surface area contributed by atoms with E-state index in [1.807, 2.05) is 30.1 Å². The number of likely N-dealkylation sites (tertiary alicyclic amines) is 1. The van der Waals surface area contributed by atoms with Crippen molar-refractivity contribution in [3.05, 3.63) is 53.3 Å². The third-order valence-electron chi connectivity index (χ3n) is 4.99. The number of aliphatic imine (C=N–C) groups is 1. The molecule has 1 aliphatic heterocycles. The predicted octanol–water partition coefficient (Wildman–Crippen LogP) is 0.200. The molecule has 3 rings (SSSR count). The number of hydrogen-bond acceptors (Lipinski definition) is 4. The molecule has 1 aromatic carbocycles. The number of primary amides is 1. The Bertz CT molecular complexity index is 888. The normalized spacial score (nSPS) is 16.7. The molecule has 4 N–H and O–H groups in total. The van der Waals surface area contributed by atoms with Crippen molar-refractivity contribution < 1.29 is 9.59 Å². The van der Waals surface area contributed by atoms with Crippen LogP contribution in [0.5, 0.6) is 0 Å². The fourth-order valence-corrected chi connectivity index (χ4v) is 3.43. The van der Waals surface area contributed by atoms with Crippen LogP contribution in [0.3, 0.4) is 0 Å². The van der Waals surface area contributed by atoms with Crippen LogP contribution in [0.2, 0.25) is 0 Å². The van der Waals surface area contributed by atoms with Gasteiger partial charge in [-0.1, -0.05) is 12.1 Å². The van der Waals surface area contributed by atoms with Gasteiger partial charge in [0.1, 0.15) is 0 Å². The Morgan fingerprint density at radius 2 is 2.03 bits per heavy atom. The van der Waals surface area contributed by atoms with E-state index in [9.17, 15) is 9.59 Å². The molecule has 1 aromatic heterocycles. The van der Waals surface area contributed by atoms with Gasteiger partial charge in [-0.2, -0.15) is 5.10 Å². The second-order valence-electron chi connectivity index (χ2n) is 7.13. The summed E-state index contributed by atoms with van der Waals surface area (Å²) in [6, 6.07) is 7.21. The van der Waals surface area contributed by atoms with E-state index < -0.39 is 5.91 Å². The molecule has 1 saturated heterocycles. The number of aromatic nitrogens is 2. The van der Waals surface area contributed by atoms with Crippen LogP contribution in [0.25, 0.3) is 0 Å². The lowest BCUT2D eigenvalue weighted by molar-refractivity contribution is -0.117.